The monoisotopic (exact) mass is 393 g/mol. The van der Waals surface area contributed by atoms with Crippen LogP contribution in [0.4, 0.5) is 10.8 Å². The third-order valence-electron chi connectivity index (χ3n) is 3.85. The van der Waals surface area contributed by atoms with Crippen molar-refractivity contribution in [2.45, 2.75) is 0 Å². The van der Waals surface area contributed by atoms with Gasteiger partial charge in [-0.2, -0.15) is 5.10 Å². The summed E-state index contributed by atoms with van der Waals surface area (Å²) in [7, 11) is 1.83. The van der Waals surface area contributed by atoms with E-state index in [2.05, 4.69) is 20.7 Å². The Kier molecular flexibility index (Phi) is 4.73. The van der Waals surface area contributed by atoms with Crippen LogP contribution in [-0.4, -0.2) is 26.6 Å². The summed E-state index contributed by atoms with van der Waals surface area (Å²) < 4.78 is 6.75. The molecule has 0 aliphatic carbocycles. The van der Waals surface area contributed by atoms with Gasteiger partial charge in [0, 0.05) is 35.4 Å². The zero-order chi connectivity index (χ0) is 19.5. The standard InChI is InChI=1S/C19H15N5O3S/c1-24-10-13(9-20-24)15-11-28-19(22-15)23-17(25)12-4-2-5-14(8-12)21-18(26)16-6-3-7-27-16/h2-11H,1H3,(H,21,26)(H,22,23,25). The maximum absolute atomic E-state index is 12.5. The molecule has 9 heteroatoms. The molecule has 28 heavy (non-hydrogen) atoms. The van der Waals surface area contributed by atoms with E-state index in [0.29, 0.717) is 16.4 Å². The van der Waals surface area contributed by atoms with Crippen molar-refractivity contribution in [1.82, 2.24) is 14.8 Å². The van der Waals surface area contributed by atoms with Crippen molar-refractivity contribution < 1.29 is 14.0 Å². The van der Waals surface area contributed by atoms with Gasteiger partial charge in [0.05, 0.1) is 18.2 Å². The molecule has 0 aliphatic heterocycles. The molecule has 0 saturated carbocycles. The third-order valence-corrected chi connectivity index (χ3v) is 4.61. The van der Waals surface area contributed by atoms with Crippen LogP contribution < -0.4 is 10.6 Å². The number of hydrogen-bond acceptors (Lipinski definition) is 6. The van der Waals surface area contributed by atoms with Crippen molar-refractivity contribution >= 4 is 34.0 Å². The fourth-order valence-corrected chi connectivity index (χ4v) is 3.24. The molecule has 2 N–H and O–H groups in total. The van der Waals surface area contributed by atoms with Crippen LogP contribution in [0.3, 0.4) is 0 Å². The minimum atomic E-state index is -0.386. The van der Waals surface area contributed by atoms with Crippen LogP contribution in [0.25, 0.3) is 11.3 Å². The van der Waals surface area contributed by atoms with E-state index in [1.54, 1.807) is 47.3 Å². The van der Waals surface area contributed by atoms with Crippen LogP contribution in [0.1, 0.15) is 20.9 Å². The number of hydrogen-bond donors (Lipinski definition) is 2. The largest absolute Gasteiger partial charge is 0.459 e. The number of benzene rings is 1. The molecule has 140 valence electrons. The summed E-state index contributed by atoms with van der Waals surface area (Å²) in [5.41, 5.74) is 2.51. The number of nitrogens with one attached hydrogen (secondary N) is 2. The average molecular weight is 393 g/mol. The van der Waals surface area contributed by atoms with Gasteiger partial charge in [-0.05, 0) is 30.3 Å². The topological polar surface area (TPSA) is 102 Å². The third kappa shape index (κ3) is 3.84. The van der Waals surface area contributed by atoms with Gasteiger partial charge in [0.15, 0.2) is 10.9 Å². The molecule has 1 aromatic carbocycles. The predicted molar refractivity (Wildman–Crippen MR) is 105 cm³/mol. The highest BCUT2D eigenvalue weighted by atomic mass is 32.1. The summed E-state index contributed by atoms with van der Waals surface area (Å²) in [6.07, 6.45) is 4.99. The molecular weight excluding hydrogens is 378 g/mol. The van der Waals surface area contributed by atoms with E-state index in [0.717, 1.165) is 11.3 Å². The molecule has 0 bridgehead atoms. The van der Waals surface area contributed by atoms with E-state index in [-0.39, 0.29) is 17.6 Å². The maximum Gasteiger partial charge on any atom is 0.291 e. The molecule has 0 spiro atoms. The summed E-state index contributed by atoms with van der Waals surface area (Å²) in [5.74, 6) is -0.509. The van der Waals surface area contributed by atoms with Crippen LogP contribution in [-0.2, 0) is 7.05 Å². The van der Waals surface area contributed by atoms with Crippen LogP contribution >= 0.6 is 11.3 Å². The van der Waals surface area contributed by atoms with Crippen LogP contribution in [0.5, 0.6) is 0 Å². The van der Waals surface area contributed by atoms with Gasteiger partial charge in [0.1, 0.15) is 0 Å². The predicted octanol–water partition coefficient (Wildman–Crippen LogP) is 3.64. The Balaban J connectivity index is 1.45. The number of aryl methyl sites for hydroxylation is 1. The molecule has 0 aliphatic rings. The van der Waals surface area contributed by atoms with Crippen molar-refractivity contribution in [3.8, 4) is 11.3 Å². The van der Waals surface area contributed by atoms with Gasteiger partial charge in [0.2, 0.25) is 0 Å². The second-order valence-corrected chi connectivity index (χ2v) is 6.77. The van der Waals surface area contributed by atoms with Crippen molar-refractivity contribution in [3.05, 3.63) is 71.8 Å². The number of furan rings is 1. The molecule has 0 unspecified atom stereocenters. The molecule has 0 atom stereocenters. The zero-order valence-corrected chi connectivity index (χ0v) is 15.6. The molecule has 0 fully saturated rings. The highest BCUT2D eigenvalue weighted by molar-refractivity contribution is 7.14. The lowest BCUT2D eigenvalue weighted by Gasteiger charge is -2.06. The zero-order valence-electron chi connectivity index (χ0n) is 14.7. The Hall–Kier alpha value is -3.72. The number of aromatic nitrogens is 3. The Bertz CT molecular complexity index is 1130. The lowest BCUT2D eigenvalue weighted by atomic mass is 10.2. The van der Waals surface area contributed by atoms with Crippen molar-refractivity contribution in [1.29, 1.82) is 0 Å². The van der Waals surface area contributed by atoms with Crippen LogP contribution in [0, 0.1) is 0 Å². The van der Waals surface area contributed by atoms with E-state index in [9.17, 15) is 9.59 Å². The molecule has 0 radical (unpaired) electrons. The molecule has 8 nitrogen and oxygen atoms in total. The Morgan fingerprint density at radius 1 is 1.14 bits per heavy atom. The lowest BCUT2D eigenvalue weighted by molar-refractivity contribution is 0.0993. The van der Waals surface area contributed by atoms with Gasteiger partial charge in [-0.15, -0.1) is 11.3 Å². The summed E-state index contributed by atoms with van der Waals surface area (Å²) in [6.45, 7) is 0. The fourth-order valence-electron chi connectivity index (χ4n) is 2.53. The molecule has 4 rings (SSSR count). The first kappa shape index (κ1) is 17.7. The molecule has 4 aromatic rings. The minimum absolute atomic E-state index is 0.195. The van der Waals surface area contributed by atoms with E-state index in [1.165, 1.54) is 17.6 Å². The van der Waals surface area contributed by atoms with Crippen molar-refractivity contribution in [2.24, 2.45) is 7.05 Å². The first-order chi connectivity index (χ1) is 13.6. The first-order valence-corrected chi connectivity index (χ1v) is 9.17. The number of carbonyl (C=O) groups is 2. The number of amides is 2. The quantitative estimate of drug-likeness (QED) is 0.539. The minimum Gasteiger partial charge on any atom is -0.459 e. The van der Waals surface area contributed by atoms with E-state index < -0.39 is 0 Å². The Morgan fingerprint density at radius 2 is 2.04 bits per heavy atom. The molecule has 3 heterocycles. The average Bonchev–Trinajstić information content (AvgIpc) is 3.43. The fraction of sp³-hybridized carbons (Fsp3) is 0.0526. The molecule has 2 amide bonds. The van der Waals surface area contributed by atoms with Crippen molar-refractivity contribution in [3.63, 3.8) is 0 Å². The van der Waals surface area contributed by atoms with Gasteiger partial charge in [0.25, 0.3) is 11.8 Å². The van der Waals surface area contributed by atoms with Gasteiger partial charge in [-0.25, -0.2) is 4.98 Å². The summed E-state index contributed by atoms with van der Waals surface area (Å²) in [4.78, 5) is 29.0. The van der Waals surface area contributed by atoms with Gasteiger partial charge >= 0.3 is 0 Å². The summed E-state index contributed by atoms with van der Waals surface area (Å²) >= 11 is 1.33. The molecule has 0 saturated heterocycles. The van der Waals surface area contributed by atoms with E-state index in [4.69, 9.17) is 4.42 Å². The number of rotatable bonds is 5. The normalized spacial score (nSPS) is 10.6. The van der Waals surface area contributed by atoms with Crippen LogP contribution in [0.2, 0.25) is 0 Å². The summed E-state index contributed by atoms with van der Waals surface area (Å²) in [6, 6.07) is 9.83. The number of carbonyl (C=O) groups excluding carboxylic acids is 2. The molecule has 3 aromatic heterocycles. The second kappa shape index (κ2) is 7.49. The van der Waals surface area contributed by atoms with E-state index in [1.807, 2.05) is 18.6 Å². The Morgan fingerprint density at radius 3 is 2.79 bits per heavy atom. The SMILES string of the molecule is Cn1cc(-c2csc(NC(=O)c3cccc(NC(=O)c4ccco4)c3)n2)cn1. The van der Waals surface area contributed by atoms with E-state index >= 15 is 0 Å². The first-order valence-electron chi connectivity index (χ1n) is 8.29. The second-order valence-electron chi connectivity index (χ2n) is 5.91. The van der Waals surface area contributed by atoms with Gasteiger partial charge in [-0.1, -0.05) is 6.07 Å². The number of anilines is 2. The number of thiazole rings is 1. The van der Waals surface area contributed by atoms with Crippen LogP contribution in [0.15, 0.2) is 64.9 Å². The van der Waals surface area contributed by atoms with Crippen molar-refractivity contribution in [2.75, 3.05) is 10.6 Å². The molecular formula is C19H15N5O3S. The highest BCUT2D eigenvalue weighted by Gasteiger charge is 2.13. The van der Waals surface area contributed by atoms with Gasteiger partial charge < -0.3 is 9.73 Å². The smallest absolute Gasteiger partial charge is 0.291 e. The van der Waals surface area contributed by atoms with Gasteiger partial charge in [-0.3, -0.25) is 19.6 Å². The highest BCUT2D eigenvalue weighted by Crippen LogP contribution is 2.25. The summed E-state index contributed by atoms with van der Waals surface area (Å²) in [5, 5.41) is 11.9. The maximum atomic E-state index is 12.5. The number of nitrogens with zero attached hydrogens (tertiary/aromatic N) is 3. The Labute approximate surface area is 163 Å². The lowest BCUT2D eigenvalue weighted by Crippen LogP contribution is -2.14.